The van der Waals surface area contributed by atoms with E-state index in [-0.39, 0.29) is 0 Å². The van der Waals surface area contributed by atoms with E-state index in [9.17, 15) is 0 Å². The molecule has 2 heteroatoms. The number of piperidine rings is 1. The molecule has 2 saturated heterocycles. The zero-order chi connectivity index (χ0) is 14.8. The van der Waals surface area contributed by atoms with Crippen molar-refractivity contribution in [3.8, 4) is 0 Å². The molecule has 1 N–H and O–H groups in total. The molecule has 0 aromatic heterocycles. The second kappa shape index (κ2) is 7.00. The molecule has 4 atom stereocenters. The second-order valence-electron chi connectivity index (χ2n) is 8.66. The monoisotopic (exact) mass is 292 g/mol. The minimum Gasteiger partial charge on any atom is -0.314 e. The summed E-state index contributed by atoms with van der Waals surface area (Å²) in [6, 6.07) is 2.62. The van der Waals surface area contributed by atoms with Crippen LogP contribution in [0.3, 0.4) is 0 Å². The van der Waals surface area contributed by atoms with E-state index in [0.29, 0.717) is 0 Å². The van der Waals surface area contributed by atoms with Crippen LogP contribution >= 0.6 is 0 Å². The maximum absolute atomic E-state index is 3.96. The molecule has 122 valence electrons. The summed E-state index contributed by atoms with van der Waals surface area (Å²) in [6.45, 7) is 6.05. The van der Waals surface area contributed by atoms with E-state index in [2.05, 4.69) is 31.1 Å². The third kappa shape index (κ3) is 4.01. The van der Waals surface area contributed by atoms with Crippen molar-refractivity contribution in [1.29, 1.82) is 0 Å². The van der Waals surface area contributed by atoms with Crippen LogP contribution in [0.4, 0.5) is 0 Å². The molecule has 0 radical (unpaired) electrons. The fraction of sp³-hybridized carbons (Fsp3) is 1.00. The number of fused-ring (bicyclic) bond motifs is 2. The Hall–Kier alpha value is -0.0800. The van der Waals surface area contributed by atoms with E-state index in [1.54, 1.807) is 0 Å². The first-order valence-corrected chi connectivity index (χ1v) is 9.57. The second-order valence-corrected chi connectivity index (χ2v) is 8.66. The maximum atomic E-state index is 3.96. The zero-order valence-corrected chi connectivity index (χ0v) is 14.5. The van der Waals surface area contributed by atoms with E-state index in [4.69, 9.17) is 0 Å². The van der Waals surface area contributed by atoms with Gasteiger partial charge >= 0.3 is 0 Å². The third-order valence-electron chi connectivity index (χ3n) is 6.48. The quantitative estimate of drug-likeness (QED) is 0.822. The summed E-state index contributed by atoms with van der Waals surface area (Å²) < 4.78 is 0. The predicted molar refractivity (Wildman–Crippen MR) is 90.5 cm³/mol. The Kier molecular flexibility index (Phi) is 5.27. The molecular weight excluding hydrogens is 256 g/mol. The van der Waals surface area contributed by atoms with Crippen LogP contribution in [0.15, 0.2) is 0 Å². The number of rotatable bonds is 5. The van der Waals surface area contributed by atoms with Crippen molar-refractivity contribution in [1.82, 2.24) is 10.2 Å². The minimum atomic E-state index is 0.819. The summed E-state index contributed by atoms with van der Waals surface area (Å²) in [4.78, 5) is 2.66. The first-order chi connectivity index (χ1) is 10.1. The van der Waals surface area contributed by atoms with Gasteiger partial charge < -0.3 is 10.2 Å². The third-order valence-corrected chi connectivity index (χ3v) is 6.48. The Bertz CT molecular complexity index is 314. The van der Waals surface area contributed by atoms with Crippen LogP contribution in [-0.4, -0.2) is 36.6 Å². The van der Waals surface area contributed by atoms with Gasteiger partial charge in [0, 0.05) is 18.1 Å². The average Bonchev–Trinajstić information content (AvgIpc) is 2.67. The van der Waals surface area contributed by atoms with Crippen molar-refractivity contribution >= 4 is 0 Å². The van der Waals surface area contributed by atoms with Gasteiger partial charge in [0.15, 0.2) is 0 Å². The Balaban J connectivity index is 1.41. The lowest BCUT2D eigenvalue weighted by atomic mass is 9.81. The highest BCUT2D eigenvalue weighted by atomic mass is 15.2. The highest BCUT2D eigenvalue weighted by Gasteiger charge is 2.38. The Labute approximate surface area is 132 Å². The molecular formula is C19H36N2. The summed E-state index contributed by atoms with van der Waals surface area (Å²) >= 11 is 0. The highest BCUT2D eigenvalue weighted by molar-refractivity contribution is 4.94. The molecule has 2 bridgehead atoms. The molecule has 0 amide bonds. The number of nitrogens with zero attached hydrogens (tertiary/aromatic N) is 1. The molecule has 3 rings (SSSR count). The number of hydrogen-bond donors (Lipinski definition) is 1. The molecule has 3 fully saturated rings. The summed E-state index contributed by atoms with van der Waals surface area (Å²) in [6.07, 6.45) is 13.0. The SMILES string of the molecule is CC(C)CC1CCCC(NCC2CC3CCC(C2)N3C)C1. The molecule has 3 aliphatic rings. The van der Waals surface area contributed by atoms with E-state index >= 15 is 0 Å². The summed E-state index contributed by atoms with van der Waals surface area (Å²) in [5, 5.41) is 3.96. The van der Waals surface area contributed by atoms with E-state index < -0.39 is 0 Å². The lowest BCUT2D eigenvalue weighted by molar-refractivity contribution is 0.128. The van der Waals surface area contributed by atoms with Gasteiger partial charge in [-0.2, -0.15) is 0 Å². The molecule has 21 heavy (non-hydrogen) atoms. The molecule has 0 spiro atoms. The van der Waals surface area contributed by atoms with Crippen molar-refractivity contribution in [2.75, 3.05) is 13.6 Å². The van der Waals surface area contributed by atoms with Gasteiger partial charge in [0.1, 0.15) is 0 Å². The van der Waals surface area contributed by atoms with Crippen LogP contribution in [0.5, 0.6) is 0 Å². The van der Waals surface area contributed by atoms with Gasteiger partial charge in [0.25, 0.3) is 0 Å². The largest absolute Gasteiger partial charge is 0.314 e. The van der Waals surface area contributed by atoms with Crippen molar-refractivity contribution in [3.63, 3.8) is 0 Å². The van der Waals surface area contributed by atoms with Crippen LogP contribution in [0.1, 0.15) is 71.6 Å². The summed E-state index contributed by atoms with van der Waals surface area (Å²) in [7, 11) is 2.35. The number of nitrogens with one attached hydrogen (secondary N) is 1. The van der Waals surface area contributed by atoms with Gasteiger partial charge in [-0.15, -0.1) is 0 Å². The molecule has 0 aromatic carbocycles. The van der Waals surface area contributed by atoms with Gasteiger partial charge in [-0.3, -0.25) is 0 Å². The van der Waals surface area contributed by atoms with Gasteiger partial charge in [0.2, 0.25) is 0 Å². The van der Waals surface area contributed by atoms with Crippen LogP contribution in [-0.2, 0) is 0 Å². The molecule has 1 aliphatic carbocycles. The minimum absolute atomic E-state index is 0.819. The van der Waals surface area contributed by atoms with E-state index in [0.717, 1.165) is 35.9 Å². The number of hydrogen-bond acceptors (Lipinski definition) is 2. The van der Waals surface area contributed by atoms with Crippen LogP contribution in [0.2, 0.25) is 0 Å². The Morgan fingerprint density at radius 1 is 0.952 bits per heavy atom. The molecule has 2 nitrogen and oxygen atoms in total. The molecule has 4 unspecified atom stereocenters. The van der Waals surface area contributed by atoms with Crippen molar-refractivity contribution in [2.24, 2.45) is 17.8 Å². The van der Waals surface area contributed by atoms with E-state index in [1.165, 1.54) is 64.3 Å². The Morgan fingerprint density at radius 3 is 2.33 bits per heavy atom. The van der Waals surface area contributed by atoms with Crippen molar-refractivity contribution in [2.45, 2.75) is 89.8 Å². The van der Waals surface area contributed by atoms with Gasteiger partial charge in [-0.05, 0) is 76.3 Å². The van der Waals surface area contributed by atoms with Crippen LogP contribution < -0.4 is 5.32 Å². The van der Waals surface area contributed by atoms with Crippen LogP contribution in [0.25, 0.3) is 0 Å². The Morgan fingerprint density at radius 2 is 1.67 bits per heavy atom. The fourth-order valence-corrected chi connectivity index (χ4v) is 5.38. The smallest absolute Gasteiger partial charge is 0.00988 e. The van der Waals surface area contributed by atoms with Crippen molar-refractivity contribution < 1.29 is 0 Å². The summed E-state index contributed by atoms with van der Waals surface area (Å²) in [5.41, 5.74) is 0. The highest BCUT2D eigenvalue weighted by Crippen LogP contribution is 2.37. The lowest BCUT2D eigenvalue weighted by Gasteiger charge is -2.38. The first-order valence-electron chi connectivity index (χ1n) is 9.57. The van der Waals surface area contributed by atoms with Gasteiger partial charge in [0.05, 0.1) is 0 Å². The van der Waals surface area contributed by atoms with Crippen LogP contribution in [0, 0.1) is 17.8 Å². The molecule has 2 aliphatic heterocycles. The normalized spacial score (nSPS) is 40.9. The topological polar surface area (TPSA) is 15.3 Å². The molecule has 2 heterocycles. The first kappa shape index (κ1) is 15.8. The van der Waals surface area contributed by atoms with E-state index in [1.807, 2.05) is 0 Å². The summed E-state index contributed by atoms with van der Waals surface area (Å²) in [5.74, 6) is 2.81. The molecule has 0 aromatic rings. The maximum Gasteiger partial charge on any atom is 0.00988 e. The standard InChI is InChI=1S/C19H36N2/c1-14(2)9-15-5-4-6-17(10-15)20-13-16-11-18-7-8-19(12-16)21(18)3/h14-20H,4-13H2,1-3H3. The zero-order valence-electron chi connectivity index (χ0n) is 14.5. The molecule has 1 saturated carbocycles. The van der Waals surface area contributed by atoms with Crippen molar-refractivity contribution in [3.05, 3.63) is 0 Å². The lowest BCUT2D eigenvalue weighted by Crippen LogP contribution is -2.44. The van der Waals surface area contributed by atoms with Gasteiger partial charge in [-0.25, -0.2) is 0 Å². The average molecular weight is 293 g/mol. The predicted octanol–water partition coefficient (Wildman–Crippen LogP) is 4.05. The van der Waals surface area contributed by atoms with Gasteiger partial charge in [-0.1, -0.05) is 26.7 Å². The fourth-order valence-electron chi connectivity index (χ4n) is 5.38.